The molecular formula is C10H8BrF3N4. The fourth-order valence-electron chi connectivity index (χ4n) is 1.60. The first-order valence-corrected chi connectivity index (χ1v) is 5.66. The van der Waals surface area contributed by atoms with Gasteiger partial charge in [0.05, 0.1) is 11.7 Å². The number of aromatic nitrogens is 3. The van der Waals surface area contributed by atoms with E-state index in [1.807, 2.05) is 0 Å². The van der Waals surface area contributed by atoms with Crippen LogP contribution in [-0.4, -0.2) is 15.0 Å². The van der Waals surface area contributed by atoms with Crippen LogP contribution >= 0.6 is 15.9 Å². The molecule has 0 saturated carbocycles. The molecule has 0 aliphatic rings. The highest BCUT2D eigenvalue weighted by molar-refractivity contribution is 9.10. The SMILES string of the molecule is Cn1nnc(Br)c1C(N)c1ccc(F)c(F)c1F. The minimum Gasteiger partial charge on any atom is -0.319 e. The predicted octanol–water partition coefficient (Wildman–Crippen LogP) is 2.04. The molecule has 96 valence electrons. The van der Waals surface area contributed by atoms with Crippen LogP contribution in [0.3, 0.4) is 0 Å². The van der Waals surface area contributed by atoms with E-state index in [1.165, 1.54) is 4.68 Å². The van der Waals surface area contributed by atoms with E-state index in [4.69, 9.17) is 5.73 Å². The van der Waals surface area contributed by atoms with E-state index in [9.17, 15) is 13.2 Å². The van der Waals surface area contributed by atoms with E-state index >= 15 is 0 Å². The molecule has 2 aromatic rings. The highest BCUT2D eigenvalue weighted by Gasteiger charge is 2.24. The number of nitrogens with zero attached hydrogens (tertiary/aromatic N) is 3. The number of hydrogen-bond donors (Lipinski definition) is 1. The minimum atomic E-state index is -1.55. The van der Waals surface area contributed by atoms with Crippen molar-refractivity contribution in [3.63, 3.8) is 0 Å². The summed E-state index contributed by atoms with van der Waals surface area (Å²) >= 11 is 3.11. The highest BCUT2D eigenvalue weighted by atomic mass is 79.9. The first-order valence-electron chi connectivity index (χ1n) is 4.87. The summed E-state index contributed by atoms with van der Waals surface area (Å²) in [6, 6.07) is 0.915. The number of halogens is 4. The van der Waals surface area contributed by atoms with Crippen molar-refractivity contribution in [2.24, 2.45) is 12.8 Å². The lowest BCUT2D eigenvalue weighted by atomic mass is 10.0. The topological polar surface area (TPSA) is 56.7 Å². The molecule has 0 spiro atoms. The summed E-state index contributed by atoms with van der Waals surface area (Å²) < 4.78 is 41.2. The fourth-order valence-corrected chi connectivity index (χ4v) is 2.17. The zero-order valence-corrected chi connectivity index (χ0v) is 10.7. The van der Waals surface area contributed by atoms with E-state index in [2.05, 4.69) is 26.2 Å². The molecule has 0 amide bonds. The molecule has 1 unspecified atom stereocenters. The van der Waals surface area contributed by atoms with Crippen LogP contribution in [0.15, 0.2) is 16.7 Å². The molecule has 1 aromatic heterocycles. The molecule has 0 bridgehead atoms. The Labute approximate surface area is 109 Å². The van der Waals surface area contributed by atoms with Gasteiger partial charge in [-0.3, -0.25) is 0 Å². The van der Waals surface area contributed by atoms with Gasteiger partial charge in [0.25, 0.3) is 0 Å². The maximum absolute atomic E-state index is 13.6. The third-order valence-electron chi connectivity index (χ3n) is 2.52. The van der Waals surface area contributed by atoms with Gasteiger partial charge in [-0.2, -0.15) is 0 Å². The molecule has 0 saturated heterocycles. The second-order valence-electron chi connectivity index (χ2n) is 3.63. The van der Waals surface area contributed by atoms with Gasteiger partial charge >= 0.3 is 0 Å². The lowest BCUT2D eigenvalue weighted by Gasteiger charge is -2.13. The Morgan fingerprint density at radius 1 is 1.28 bits per heavy atom. The van der Waals surface area contributed by atoms with Crippen molar-refractivity contribution in [2.45, 2.75) is 6.04 Å². The van der Waals surface area contributed by atoms with Gasteiger partial charge in [-0.15, -0.1) is 5.10 Å². The van der Waals surface area contributed by atoms with Gasteiger partial charge < -0.3 is 5.73 Å². The number of hydrogen-bond acceptors (Lipinski definition) is 3. The Morgan fingerprint density at radius 2 is 1.94 bits per heavy atom. The van der Waals surface area contributed by atoms with Gasteiger partial charge in [0.15, 0.2) is 22.1 Å². The van der Waals surface area contributed by atoms with E-state index in [-0.39, 0.29) is 5.56 Å². The number of rotatable bonds is 2. The second kappa shape index (κ2) is 4.69. The van der Waals surface area contributed by atoms with Crippen LogP contribution in [0.4, 0.5) is 13.2 Å². The largest absolute Gasteiger partial charge is 0.319 e. The molecule has 0 aliphatic carbocycles. The van der Waals surface area contributed by atoms with Crippen molar-refractivity contribution < 1.29 is 13.2 Å². The lowest BCUT2D eigenvalue weighted by Crippen LogP contribution is -2.18. The molecular weight excluding hydrogens is 313 g/mol. The summed E-state index contributed by atoms with van der Waals surface area (Å²) in [6.45, 7) is 0. The first-order chi connectivity index (χ1) is 8.43. The zero-order valence-electron chi connectivity index (χ0n) is 9.16. The summed E-state index contributed by atoms with van der Waals surface area (Å²) in [6.07, 6.45) is 0. The van der Waals surface area contributed by atoms with Crippen LogP contribution < -0.4 is 5.73 Å². The van der Waals surface area contributed by atoms with E-state index < -0.39 is 23.5 Å². The summed E-state index contributed by atoms with van der Waals surface area (Å²) in [5.41, 5.74) is 6.02. The van der Waals surface area contributed by atoms with Crippen molar-refractivity contribution >= 4 is 15.9 Å². The molecule has 18 heavy (non-hydrogen) atoms. The van der Waals surface area contributed by atoms with Gasteiger partial charge in [-0.25, -0.2) is 17.9 Å². The summed E-state index contributed by atoms with van der Waals surface area (Å²) in [4.78, 5) is 0. The molecule has 8 heteroatoms. The molecule has 0 fully saturated rings. The Bertz CT molecular complexity index is 580. The Hall–Kier alpha value is -1.41. The number of nitrogens with two attached hydrogens (primary N) is 1. The minimum absolute atomic E-state index is 0.167. The number of aryl methyl sites for hydroxylation is 1. The van der Waals surface area contributed by atoms with Gasteiger partial charge in [0, 0.05) is 12.6 Å². The van der Waals surface area contributed by atoms with Crippen LogP contribution in [0.1, 0.15) is 17.3 Å². The molecule has 1 atom stereocenters. The summed E-state index contributed by atoms with van der Waals surface area (Å²) in [5.74, 6) is -4.12. The number of benzene rings is 1. The van der Waals surface area contributed by atoms with Crippen LogP contribution in [0, 0.1) is 17.5 Å². The van der Waals surface area contributed by atoms with Crippen LogP contribution in [0.2, 0.25) is 0 Å². The van der Waals surface area contributed by atoms with E-state index in [0.717, 1.165) is 12.1 Å². The molecule has 0 radical (unpaired) electrons. The molecule has 2 N–H and O–H groups in total. The summed E-state index contributed by atoms with van der Waals surface area (Å²) in [7, 11) is 1.56. The molecule has 1 heterocycles. The second-order valence-corrected chi connectivity index (χ2v) is 4.38. The third kappa shape index (κ3) is 2.01. The third-order valence-corrected chi connectivity index (χ3v) is 3.09. The average Bonchev–Trinajstić information content (AvgIpc) is 2.65. The highest BCUT2D eigenvalue weighted by Crippen LogP contribution is 2.27. The van der Waals surface area contributed by atoms with E-state index in [0.29, 0.717) is 10.3 Å². The Kier molecular flexibility index (Phi) is 3.40. The maximum atomic E-state index is 13.6. The van der Waals surface area contributed by atoms with Gasteiger partial charge in [-0.05, 0) is 22.0 Å². The van der Waals surface area contributed by atoms with Crippen molar-refractivity contribution in [1.82, 2.24) is 15.0 Å². The van der Waals surface area contributed by atoms with Crippen molar-refractivity contribution in [3.05, 3.63) is 45.4 Å². The standard InChI is InChI=1S/C10H8BrF3N4/c1-18-9(10(11)16-17-18)8(15)4-2-3-5(12)7(14)6(4)13/h2-3,8H,15H2,1H3. The quantitative estimate of drug-likeness (QED) is 0.861. The van der Waals surface area contributed by atoms with Crippen molar-refractivity contribution in [2.75, 3.05) is 0 Å². The fraction of sp³-hybridized carbons (Fsp3) is 0.200. The Morgan fingerprint density at radius 3 is 2.50 bits per heavy atom. The Balaban J connectivity index is 2.53. The van der Waals surface area contributed by atoms with Crippen molar-refractivity contribution in [3.8, 4) is 0 Å². The van der Waals surface area contributed by atoms with Crippen LogP contribution in [0.5, 0.6) is 0 Å². The van der Waals surface area contributed by atoms with Crippen molar-refractivity contribution in [1.29, 1.82) is 0 Å². The smallest absolute Gasteiger partial charge is 0.194 e. The molecule has 2 rings (SSSR count). The lowest BCUT2D eigenvalue weighted by molar-refractivity contribution is 0.437. The monoisotopic (exact) mass is 320 g/mol. The summed E-state index contributed by atoms with van der Waals surface area (Å²) in [5, 5.41) is 7.37. The van der Waals surface area contributed by atoms with Gasteiger partial charge in [0.2, 0.25) is 0 Å². The first kappa shape index (κ1) is 13.0. The van der Waals surface area contributed by atoms with Gasteiger partial charge in [-0.1, -0.05) is 11.3 Å². The zero-order chi connectivity index (χ0) is 13.4. The van der Waals surface area contributed by atoms with Crippen LogP contribution in [0.25, 0.3) is 0 Å². The maximum Gasteiger partial charge on any atom is 0.194 e. The molecule has 1 aromatic carbocycles. The van der Waals surface area contributed by atoms with Crippen LogP contribution in [-0.2, 0) is 7.05 Å². The van der Waals surface area contributed by atoms with E-state index in [1.54, 1.807) is 7.05 Å². The van der Waals surface area contributed by atoms with Gasteiger partial charge in [0.1, 0.15) is 0 Å². The predicted molar refractivity (Wildman–Crippen MR) is 61.0 cm³/mol. The average molecular weight is 321 g/mol. The molecule has 0 aliphatic heterocycles. The molecule has 4 nitrogen and oxygen atoms in total. The normalized spacial score (nSPS) is 12.8.